The lowest BCUT2D eigenvalue weighted by Crippen LogP contribution is -2.61. The molecule has 3 unspecified atom stereocenters. The van der Waals surface area contributed by atoms with Crippen molar-refractivity contribution in [2.45, 2.75) is 31.9 Å². The molecule has 3 rings (SSSR count). The first-order chi connectivity index (χ1) is 14.6. The zero-order valence-electron chi connectivity index (χ0n) is 20.1. The largest absolute Gasteiger partial charge is 0.478 e. The van der Waals surface area contributed by atoms with Crippen molar-refractivity contribution >= 4 is 36.9 Å². The number of piperidine rings is 1. The number of halogens is 2. The smallest absolute Gasteiger partial charge is 0.328 e. The third-order valence-corrected chi connectivity index (χ3v) is 6.07. The van der Waals surface area contributed by atoms with E-state index in [9.17, 15) is 9.90 Å². The lowest BCUT2D eigenvalue weighted by atomic mass is 9.63. The van der Waals surface area contributed by atoms with Crippen LogP contribution < -0.4 is 0 Å². The van der Waals surface area contributed by atoms with Gasteiger partial charge in [0.1, 0.15) is 0 Å². The van der Waals surface area contributed by atoms with Gasteiger partial charge in [-0.2, -0.15) is 0 Å². The summed E-state index contributed by atoms with van der Waals surface area (Å²) in [5.41, 5.74) is 0.989. The molecule has 1 heterocycles. The lowest BCUT2D eigenvalue weighted by Gasteiger charge is -2.55. The van der Waals surface area contributed by atoms with E-state index in [1.165, 1.54) is 0 Å². The average Bonchev–Trinajstić information content (AvgIpc) is 2.72. The highest BCUT2D eigenvalue weighted by molar-refractivity contribution is 5.86. The van der Waals surface area contributed by atoms with Crippen LogP contribution in [0.3, 0.4) is 0 Å². The van der Waals surface area contributed by atoms with Crippen molar-refractivity contribution in [1.82, 2.24) is 9.80 Å². The number of aliphatic hydroxyl groups is 1. The molecule has 1 fully saturated rings. The molecule has 0 saturated carbocycles. The normalized spacial score (nSPS) is 24.9. The number of carboxylic acid groups (broad SMARTS) is 1. The topological polar surface area (TPSA) is 64.0 Å². The van der Waals surface area contributed by atoms with E-state index < -0.39 is 11.6 Å². The van der Waals surface area contributed by atoms with Crippen LogP contribution in [0.25, 0.3) is 6.08 Å². The number of hydrogen-bond donors (Lipinski definition) is 2. The van der Waals surface area contributed by atoms with Gasteiger partial charge in [-0.25, -0.2) is 4.79 Å². The van der Waals surface area contributed by atoms with Crippen LogP contribution in [0.5, 0.6) is 0 Å². The fraction of sp³-hybridized carbons (Fsp3) is 0.423. The molecule has 7 heteroatoms. The maximum Gasteiger partial charge on any atom is 0.328 e. The van der Waals surface area contributed by atoms with Crippen LogP contribution in [0.1, 0.15) is 31.4 Å². The second kappa shape index (κ2) is 13.7. The Balaban J connectivity index is 0.000000677. The number of rotatable bonds is 5. The molecule has 184 valence electrons. The molecule has 1 aliphatic heterocycles. The summed E-state index contributed by atoms with van der Waals surface area (Å²) in [6.45, 7) is 6.18. The standard InChI is InChI=1S/C17H28N2O.C9H8O2.2ClH/c1-14-11-17(20,15-9-7-6-8-10-15)16(2,12-18(3)4)13-19(14)5;10-9(11)7-6-8-4-2-1-3-5-8;;/h6-10,14,20H,11-13H2,1-5H3;1-7H,(H,10,11);2*1H/b;7-6+;;. The van der Waals surface area contributed by atoms with E-state index in [-0.39, 0.29) is 30.2 Å². The molecule has 0 bridgehead atoms. The maximum absolute atomic E-state index is 11.5. The Morgan fingerprint density at radius 3 is 2.09 bits per heavy atom. The van der Waals surface area contributed by atoms with Gasteiger partial charge in [0, 0.05) is 30.6 Å². The highest BCUT2D eigenvalue weighted by Gasteiger charge is 2.53. The summed E-state index contributed by atoms with van der Waals surface area (Å²) in [7, 11) is 6.31. The average molecular weight is 498 g/mol. The van der Waals surface area contributed by atoms with E-state index in [1.807, 2.05) is 48.5 Å². The van der Waals surface area contributed by atoms with Crippen LogP contribution >= 0.6 is 24.8 Å². The van der Waals surface area contributed by atoms with Gasteiger partial charge in [0.15, 0.2) is 0 Å². The Bertz CT molecular complexity index is 864. The van der Waals surface area contributed by atoms with Gasteiger partial charge in [-0.1, -0.05) is 67.6 Å². The molecule has 3 atom stereocenters. The third-order valence-electron chi connectivity index (χ3n) is 6.07. The van der Waals surface area contributed by atoms with Crippen molar-refractivity contribution in [3.8, 4) is 0 Å². The number of hydrogen-bond acceptors (Lipinski definition) is 4. The highest BCUT2D eigenvalue weighted by atomic mass is 35.5. The Labute approximate surface area is 210 Å². The molecule has 33 heavy (non-hydrogen) atoms. The van der Waals surface area contributed by atoms with Crippen molar-refractivity contribution in [1.29, 1.82) is 0 Å². The van der Waals surface area contributed by atoms with Crippen LogP contribution in [-0.4, -0.2) is 66.3 Å². The molecule has 0 aromatic heterocycles. The first kappa shape index (κ1) is 31.1. The van der Waals surface area contributed by atoms with Crippen molar-refractivity contribution in [3.05, 3.63) is 77.9 Å². The Morgan fingerprint density at radius 2 is 1.61 bits per heavy atom. The second-order valence-corrected chi connectivity index (χ2v) is 9.08. The second-order valence-electron chi connectivity index (χ2n) is 9.08. The molecule has 0 aliphatic carbocycles. The third kappa shape index (κ3) is 8.43. The quantitative estimate of drug-likeness (QED) is 0.582. The molecular weight excluding hydrogens is 459 g/mol. The van der Waals surface area contributed by atoms with Gasteiger partial charge < -0.3 is 20.0 Å². The first-order valence-corrected chi connectivity index (χ1v) is 10.7. The van der Waals surface area contributed by atoms with E-state index >= 15 is 0 Å². The van der Waals surface area contributed by atoms with Gasteiger partial charge in [0.25, 0.3) is 0 Å². The van der Waals surface area contributed by atoms with Crippen LogP contribution in [0, 0.1) is 5.41 Å². The van der Waals surface area contributed by atoms with Crippen molar-refractivity contribution in [3.63, 3.8) is 0 Å². The monoisotopic (exact) mass is 496 g/mol. The zero-order chi connectivity index (χ0) is 23.1. The van der Waals surface area contributed by atoms with Crippen molar-refractivity contribution in [2.75, 3.05) is 34.2 Å². The number of carbonyl (C=O) groups is 1. The molecule has 0 spiro atoms. The number of likely N-dealkylation sites (tertiary alicyclic amines) is 1. The summed E-state index contributed by atoms with van der Waals surface area (Å²) in [5, 5.41) is 19.8. The van der Waals surface area contributed by atoms with Gasteiger partial charge in [-0.15, -0.1) is 24.8 Å². The van der Waals surface area contributed by atoms with Gasteiger partial charge in [-0.05, 0) is 51.7 Å². The minimum absolute atomic E-state index is 0. The molecular formula is C26H38Cl2N2O3. The Morgan fingerprint density at radius 1 is 1.09 bits per heavy atom. The first-order valence-electron chi connectivity index (χ1n) is 10.7. The lowest BCUT2D eigenvalue weighted by molar-refractivity contribution is -0.151. The Kier molecular flexibility index (Phi) is 12.9. The van der Waals surface area contributed by atoms with Gasteiger partial charge in [0.05, 0.1) is 5.60 Å². The number of benzene rings is 2. The van der Waals surface area contributed by atoms with Crippen LogP contribution in [0.2, 0.25) is 0 Å². The molecule has 0 amide bonds. The minimum atomic E-state index is -0.922. The van der Waals surface area contributed by atoms with Crippen LogP contribution in [0.15, 0.2) is 66.7 Å². The summed E-state index contributed by atoms with van der Waals surface area (Å²) < 4.78 is 0. The van der Waals surface area contributed by atoms with Gasteiger partial charge in [0.2, 0.25) is 0 Å². The fourth-order valence-corrected chi connectivity index (χ4v) is 4.46. The number of nitrogens with zero attached hydrogens (tertiary/aromatic N) is 2. The molecule has 1 aliphatic rings. The predicted molar refractivity (Wildman–Crippen MR) is 141 cm³/mol. The van der Waals surface area contributed by atoms with Crippen LogP contribution in [0.4, 0.5) is 0 Å². The summed E-state index contributed by atoms with van der Waals surface area (Å²) in [6.07, 6.45) is 3.45. The van der Waals surface area contributed by atoms with Crippen molar-refractivity contribution < 1.29 is 15.0 Å². The molecule has 1 saturated heterocycles. The van der Waals surface area contributed by atoms with E-state index in [1.54, 1.807) is 6.08 Å². The van der Waals surface area contributed by atoms with E-state index in [0.717, 1.165) is 36.7 Å². The Hall–Kier alpha value is -1.89. The predicted octanol–water partition coefficient (Wildman–Crippen LogP) is 4.79. The molecule has 2 aromatic rings. The summed E-state index contributed by atoms with van der Waals surface area (Å²) >= 11 is 0. The minimum Gasteiger partial charge on any atom is -0.478 e. The molecule has 0 radical (unpaired) electrons. The molecule has 2 N–H and O–H groups in total. The number of carboxylic acids is 1. The summed E-state index contributed by atoms with van der Waals surface area (Å²) in [6, 6.07) is 19.9. The van der Waals surface area contributed by atoms with Crippen molar-refractivity contribution in [2.24, 2.45) is 5.41 Å². The highest BCUT2D eigenvalue weighted by Crippen LogP contribution is 2.48. The van der Waals surface area contributed by atoms with E-state index in [0.29, 0.717) is 6.04 Å². The van der Waals surface area contributed by atoms with Gasteiger partial charge >= 0.3 is 5.97 Å². The fourth-order valence-electron chi connectivity index (χ4n) is 4.46. The van der Waals surface area contributed by atoms with E-state index in [2.05, 4.69) is 56.9 Å². The molecule has 2 aromatic carbocycles. The summed E-state index contributed by atoms with van der Waals surface area (Å²) in [5.74, 6) is -0.922. The van der Waals surface area contributed by atoms with Gasteiger partial charge in [-0.3, -0.25) is 0 Å². The van der Waals surface area contributed by atoms with Crippen LogP contribution in [-0.2, 0) is 10.4 Å². The zero-order valence-corrected chi connectivity index (χ0v) is 21.8. The SMILES string of the molecule is CC1CC(O)(c2ccccc2)C(C)(CN(C)C)CN1C.Cl.Cl.O=C(O)/C=C/c1ccccc1. The maximum atomic E-state index is 11.5. The van der Waals surface area contributed by atoms with E-state index in [4.69, 9.17) is 5.11 Å². The summed E-state index contributed by atoms with van der Waals surface area (Å²) in [4.78, 5) is 14.6. The molecule has 5 nitrogen and oxygen atoms in total. The number of aliphatic carboxylic acids is 1.